The Balaban J connectivity index is 2.67. The maximum atomic E-state index is 12.2. The fourth-order valence-corrected chi connectivity index (χ4v) is 2.37. The van der Waals surface area contributed by atoms with E-state index in [1.807, 2.05) is 25.7 Å². The Bertz CT molecular complexity index is 464. The molecule has 0 aromatic heterocycles. The number of benzene rings is 1. The highest BCUT2D eigenvalue weighted by molar-refractivity contribution is 5.81. The van der Waals surface area contributed by atoms with Crippen molar-refractivity contribution >= 4 is 5.91 Å². The van der Waals surface area contributed by atoms with Crippen LogP contribution >= 0.6 is 0 Å². The van der Waals surface area contributed by atoms with Crippen LogP contribution in [-0.2, 0) is 11.3 Å². The maximum Gasteiger partial charge on any atom is 0.239 e. The smallest absolute Gasteiger partial charge is 0.239 e. The lowest BCUT2D eigenvalue weighted by Gasteiger charge is -2.24. The van der Waals surface area contributed by atoms with E-state index < -0.39 is 0 Å². The normalized spacial score (nSPS) is 12.3. The third-order valence-electron chi connectivity index (χ3n) is 4.00. The molecular formula is C17H28N2O. The number of amides is 1. The van der Waals surface area contributed by atoms with Gasteiger partial charge in [-0.1, -0.05) is 12.1 Å². The van der Waals surface area contributed by atoms with Crippen molar-refractivity contribution in [3.63, 3.8) is 0 Å². The molecule has 0 aliphatic rings. The van der Waals surface area contributed by atoms with Crippen LogP contribution in [-0.4, -0.2) is 29.9 Å². The summed E-state index contributed by atoms with van der Waals surface area (Å²) in [6, 6.07) is 4.28. The molecule has 1 amide bonds. The van der Waals surface area contributed by atoms with Crippen molar-refractivity contribution in [2.24, 2.45) is 0 Å². The lowest BCUT2D eigenvalue weighted by molar-refractivity contribution is -0.132. The molecule has 0 saturated heterocycles. The number of rotatable bonds is 6. The molecule has 1 atom stereocenters. The van der Waals surface area contributed by atoms with Gasteiger partial charge in [0.1, 0.15) is 0 Å². The van der Waals surface area contributed by atoms with Crippen LogP contribution < -0.4 is 5.32 Å². The van der Waals surface area contributed by atoms with Gasteiger partial charge < -0.3 is 10.2 Å². The summed E-state index contributed by atoms with van der Waals surface area (Å²) in [6.45, 7) is 14.6. The number of likely N-dealkylation sites (N-methyl/N-ethyl adjacent to an activating group) is 1. The highest BCUT2D eigenvalue weighted by Gasteiger charge is 2.17. The Labute approximate surface area is 123 Å². The highest BCUT2D eigenvalue weighted by Crippen LogP contribution is 2.15. The molecule has 1 N–H and O–H groups in total. The number of nitrogens with one attached hydrogen (secondary N) is 1. The van der Waals surface area contributed by atoms with Gasteiger partial charge in [0, 0.05) is 19.6 Å². The van der Waals surface area contributed by atoms with Crippen molar-refractivity contribution in [1.82, 2.24) is 10.2 Å². The number of hydrogen-bond donors (Lipinski definition) is 1. The summed E-state index contributed by atoms with van der Waals surface area (Å²) in [5.41, 5.74) is 5.17. The first kappa shape index (κ1) is 16.7. The second kappa shape index (κ2) is 7.44. The zero-order valence-electron chi connectivity index (χ0n) is 13.7. The van der Waals surface area contributed by atoms with Gasteiger partial charge in [0.2, 0.25) is 5.91 Å². The van der Waals surface area contributed by atoms with Crippen LogP contribution in [0.5, 0.6) is 0 Å². The van der Waals surface area contributed by atoms with E-state index in [9.17, 15) is 4.79 Å². The first-order valence-electron chi connectivity index (χ1n) is 7.49. The molecule has 1 aromatic carbocycles. The largest absolute Gasteiger partial charge is 0.342 e. The van der Waals surface area contributed by atoms with E-state index in [0.717, 1.165) is 19.6 Å². The minimum atomic E-state index is -0.143. The predicted octanol–water partition coefficient (Wildman–Crippen LogP) is 2.96. The Hall–Kier alpha value is -1.35. The molecule has 1 aromatic rings. The van der Waals surface area contributed by atoms with E-state index in [0.29, 0.717) is 0 Å². The summed E-state index contributed by atoms with van der Waals surface area (Å²) in [5, 5.41) is 3.34. The number of nitrogens with zero attached hydrogens (tertiary/aromatic N) is 1. The predicted molar refractivity (Wildman–Crippen MR) is 84.9 cm³/mol. The SMILES string of the molecule is CCN(CC)C(=O)C(C)NCc1cc(C)c(C)cc1C. The summed E-state index contributed by atoms with van der Waals surface area (Å²) >= 11 is 0. The fraction of sp³-hybridized carbons (Fsp3) is 0.588. The molecule has 112 valence electrons. The average molecular weight is 276 g/mol. The van der Waals surface area contributed by atoms with Crippen LogP contribution in [0.15, 0.2) is 12.1 Å². The molecule has 0 spiro atoms. The van der Waals surface area contributed by atoms with Crippen LogP contribution in [0.1, 0.15) is 43.0 Å². The van der Waals surface area contributed by atoms with Gasteiger partial charge in [-0.3, -0.25) is 4.79 Å². The first-order chi connectivity index (χ1) is 9.40. The summed E-state index contributed by atoms with van der Waals surface area (Å²) < 4.78 is 0. The molecule has 0 fully saturated rings. The van der Waals surface area contributed by atoms with Gasteiger partial charge in [-0.15, -0.1) is 0 Å². The lowest BCUT2D eigenvalue weighted by Crippen LogP contribution is -2.44. The molecule has 20 heavy (non-hydrogen) atoms. The second-order valence-corrected chi connectivity index (χ2v) is 5.48. The van der Waals surface area contributed by atoms with Crippen molar-refractivity contribution in [2.75, 3.05) is 13.1 Å². The number of carbonyl (C=O) groups is 1. The van der Waals surface area contributed by atoms with Crippen LogP contribution in [0.2, 0.25) is 0 Å². The van der Waals surface area contributed by atoms with Gasteiger partial charge >= 0.3 is 0 Å². The van der Waals surface area contributed by atoms with E-state index in [4.69, 9.17) is 0 Å². The standard InChI is InChI=1S/C17H28N2O/c1-7-19(8-2)17(20)15(6)18-11-16-10-13(4)12(3)9-14(16)5/h9-10,15,18H,7-8,11H2,1-6H3. The molecule has 0 saturated carbocycles. The third-order valence-corrected chi connectivity index (χ3v) is 4.00. The van der Waals surface area contributed by atoms with E-state index in [1.54, 1.807) is 0 Å². The highest BCUT2D eigenvalue weighted by atomic mass is 16.2. The quantitative estimate of drug-likeness (QED) is 0.866. The van der Waals surface area contributed by atoms with Gasteiger partial charge in [0.15, 0.2) is 0 Å². The van der Waals surface area contributed by atoms with Crippen molar-refractivity contribution < 1.29 is 4.79 Å². The zero-order chi connectivity index (χ0) is 15.3. The van der Waals surface area contributed by atoms with Gasteiger partial charge in [0.25, 0.3) is 0 Å². The van der Waals surface area contributed by atoms with Gasteiger partial charge in [-0.05, 0) is 63.8 Å². The molecule has 1 unspecified atom stereocenters. The van der Waals surface area contributed by atoms with Crippen molar-refractivity contribution in [3.05, 3.63) is 34.4 Å². The van der Waals surface area contributed by atoms with Crippen molar-refractivity contribution in [2.45, 2.75) is 54.1 Å². The molecule has 3 heteroatoms. The first-order valence-corrected chi connectivity index (χ1v) is 7.49. The topological polar surface area (TPSA) is 32.3 Å². The van der Waals surface area contributed by atoms with E-state index in [1.165, 1.54) is 22.3 Å². The van der Waals surface area contributed by atoms with Gasteiger partial charge in [0.05, 0.1) is 6.04 Å². The molecular weight excluding hydrogens is 248 g/mol. The third kappa shape index (κ3) is 4.07. The molecule has 0 heterocycles. The van der Waals surface area contributed by atoms with E-state index >= 15 is 0 Å². The van der Waals surface area contributed by atoms with Crippen LogP contribution in [0.25, 0.3) is 0 Å². The van der Waals surface area contributed by atoms with Crippen molar-refractivity contribution in [1.29, 1.82) is 0 Å². The van der Waals surface area contributed by atoms with Crippen LogP contribution in [0.3, 0.4) is 0 Å². The Morgan fingerprint density at radius 1 is 1.10 bits per heavy atom. The summed E-state index contributed by atoms with van der Waals surface area (Å²) in [4.78, 5) is 14.1. The van der Waals surface area contributed by atoms with Gasteiger partial charge in [-0.25, -0.2) is 0 Å². The van der Waals surface area contributed by atoms with Crippen molar-refractivity contribution in [3.8, 4) is 0 Å². The number of hydrogen-bond acceptors (Lipinski definition) is 2. The molecule has 1 rings (SSSR count). The Morgan fingerprint density at radius 3 is 2.20 bits per heavy atom. The van der Waals surface area contributed by atoms with Crippen LogP contribution in [0, 0.1) is 20.8 Å². The number of aryl methyl sites for hydroxylation is 3. The molecule has 3 nitrogen and oxygen atoms in total. The summed E-state index contributed by atoms with van der Waals surface area (Å²) in [7, 11) is 0. The average Bonchev–Trinajstić information content (AvgIpc) is 2.42. The van der Waals surface area contributed by atoms with E-state index in [2.05, 4.69) is 38.2 Å². The van der Waals surface area contributed by atoms with Crippen LogP contribution in [0.4, 0.5) is 0 Å². The Kier molecular flexibility index (Phi) is 6.21. The minimum absolute atomic E-state index is 0.143. The van der Waals surface area contributed by atoms with Gasteiger partial charge in [-0.2, -0.15) is 0 Å². The molecule has 0 aliphatic heterocycles. The lowest BCUT2D eigenvalue weighted by atomic mass is 10.0. The minimum Gasteiger partial charge on any atom is -0.342 e. The summed E-state index contributed by atoms with van der Waals surface area (Å²) in [6.07, 6.45) is 0. The summed E-state index contributed by atoms with van der Waals surface area (Å²) in [5.74, 6) is 0.177. The fourth-order valence-electron chi connectivity index (χ4n) is 2.37. The zero-order valence-corrected chi connectivity index (χ0v) is 13.7. The van der Waals surface area contributed by atoms with E-state index in [-0.39, 0.29) is 11.9 Å². The second-order valence-electron chi connectivity index (χ2n) is 5.48. The maximum absolute atomic E-state index is 12.2. The Morgan fingerprint density at radius 2 is 1.65 bits per heavy atom. The monoisotopic (exact) mass is 276 g/mol. The molecule has 0 bridgehead atoms. The molecule has 0 aliphatic carbocycles. The molecule has 0 radical (unpaired) electrons. The number of carbonyl (C=O) groups excluding carboxylic acids is 1.